The van der Waals surface area contributed by atoms with Crippen molar-refractivity contribution in [2.24, 2.45) is 0 Å². The molecular weight excluding hydrogens is 588 g/mol. The lowest BCUT2D eigenvalue weighted by Crippen LogP contribution is -2.75. The number of nitrogens with one attached hydrogen (secondary N) is 2. The number of nitrogens with zero attached hydrogens (tertiary/aromatic N) is 1. The Labute approximate surface area is 263 Å². The molecule has 3 aliphatic rings. The highest BCUT2D eigenvalue weighted by Gasteiger charge is 2.51. The Balaban J connectivity index is 1.32. The minimum absolute atomic E-state index is 0.0506. The van der Waals surface area contributed by atoms with Crippen LogP contribution in [0.25, 0.3) is 5.57 Å². The molecule has 0 bridgehead atoms. The van der Waals surface area contributed by atoms with E-state index in [0.29, 0.717) is 36.5 Å². The maximum atomic E-state index is 14.6. The fourth-order valence-electron chi connectivity index (χ4n) is 6.75. The Morgan fingerprint density at radius 3 is 2.48 bits per heavy atom. The third-order valence-electron chi connectivity index (χ3n) is 9.45. The fourth-order valence-corrected chi connectivity index (χ4v) is 6.94. The third kappa shape index (κ3) is 7.17. The van der Waals surface area contributed by atoms with Gasteiger partial charge in [-0.05, 0) is 88.8 Å². The molecule has 2 fully saturated rings. The van der Waals surface area contributed by atoms with E-state index in [4.69, 9.17) is 16.3 Å². The smallest absolute Gasteiger partial charge is 0.252 e. The number of hydrogen-bond acceptors (Lipinski definition) is 5. The lowest BCUT2D eigenvalue weighted by atomic mass is 9.77. The Hall–Kier alpha value is -2.85. The van der Waals surface area contributed by atoms with Gasteiger partial charge in [0, 0.05) is 42.2 Å². The number of ether oxygens (including phenoxy) is 1. The summed E-state index contributed by atoms with van der Waals surface area (Å²) in [6.45, 7) is 8.37. The average Bonchev–Trinajstić information content (AvgIpc) is 2.91. The van der Waals surface area contributed by atoms with Gasteiger partial charge in [0.15, 0.2) is 0 Å². The molecule has 2 amide bonds. The van der Waals surface area contributed by atoms with Crippen LogP contribution in [0.4, 0.5) is 8.78 Å². The number of halogens is 3. The first-order chi connectivity index (χ1) is 20.6. The monoisotopic (exact) mass is 629 g/mol. The summed E-state index contributed by atoms with van der Waals surface area (Å²) < 4.78 is 34.1. The number of aliphatic hydroxyl groups is 1. The van der Waals surface area contributed by atoms with E-state index >= 15 is 0 Å². The van der Waals surface area contributed by atoms with Gasteiger partial charge >= 0.3 is 0 Å². The molecule has 10 heteroatoms. The SMILES string of the molecule is CC1(O)CCC(N2CC(CC(=O)NC(C)(C)c3cccc(Cl)c3)(NC(=O)C3(C)CC(c4ccc(F)cc4F)=CCO3)C2)CC1. The van der Waals surface area contributed by atoms with Crippen LogP contribution in [-0.4, -0.2) is 64.3 Å². The number of likely N-dealkylation sites (tertiary alicyclic amines) is 1. The minimum Gasteiger partial charge on any atom is -0.390 e. The first-order valence-corrected chi connectivity index (χ1v) is 15.6. The largest absolute Gasteiger partial charge is 0.390 e. The number of carbonyl (C=O) groups is 2. The highest BCUT2D eigenvalue weighted by molar-refractivity contribution is 6.30. The summed E-state index contributed by atoms with van der Waals surface area (Å²) in [5.74, 6) is -1.98. The zero-order chi connectivity index (χ0) is 31.9. The predicted octanol–water partition coefficient (Wildman–Crippen LogP) is 5.49. The van der Waals surface area contributed by atoms with Crippen molar-refractivity contribution in [2.75, 3.05) is 19.7 Å². The van der Waals surface area contributed by atoms with Crippen LogP contribution in [0.1, 0.15) is 77.3 Å². The van der Waals surface area contributed by atoms with Crippen LogP contribution in [-0.2, 0) is 19.9 Å². The molecule has 1 saturated carbocycles. The number of hydrogen-bond donors (Lipinski definition) is 3. The van der Waals surface area contributed by atoms with Gasteiger partial charge in [-0.1, -0.05) is 29.8 Å². The zero-order valence-electron chi connectivity index (χ0n) is 25.8. The molecule has 1 atom stereocenters. The topological polar surface area (TPSA) is 90.9 Å². The highest BCUT2D eigenvalue weighted by atomic mass is 35.5. The summed E-state index contributed by atoms with van der Waals surface area (Å²) in [5.41, 5.74) is -1.89. The van der Waals surface area contributed by atoms with E-state index in [0.717, 1.165) is 24.5 Å². The summed E-state index contributed by atoms with van der Waals surface area (Å²) >= 11 is 6.21. The summed E-state index contributed by atoms with van der Waals surface area (Å²) in [6, 6.07) is 11.0. The highest BCUT2D eigenvalue weighted by Crippen LogP contribution is 2.38. The van der Waals surface area contributed by atoms with Crippen molar-refractivity contribution in [3.63, 3.8) is 0 Å². The number of amides is 2. The van der Waals surface area contributed by atoms with Crippen LogP contribution < -0.4 is 10.6 Å². The van der Waals surface area contributed by atoms with E-state index in [2.05, 4.69) is 15.5 Å². The zero-order valence-corrected chi connectivity index (χ0v) is 26.6. The van der Waals surface area contributed by atoms with Gasteiger partial charge in [-0.25, -0.2) is 8.78 Å². The van der Waals surface area contributed by atoms with Gasteiger partial charge < -0.3 is 20.5 Å². The van der Waals surface area contributed by atoms with Crippen LogP contribution in [0.2, 0.25) is 5.02 Å². The lowest BCUT2D eigenvalue weighted by Gasteiger charge is -2.55. The number of carbonyl (C=O) groups excluding carboxylic acids is 2. The summed E-state index contributed by atoms with van der Waals surface area (Å²) in [5, 5.41) is 17.3. The van der Waals surface area contributed by atoms with Gasteiger partial charge in [-0.15, -0.1) is 0 Å². The van der Waals surface area contributed by atoms with Crippen LogP contribution in [0, 0.1) is 11.6 Å². The molecule has 2 heterocycles. The Kier molecular flexibility index (Phi) is 8.99. The van der Waals surface area contributed by atoms with Crippen molar-refractivity contribution in [1.82, 2.24) is 15.5 Å². The quantitative estimate of drug-likeness (QED) is 0.360. The van der Waals surface area contributed by atoms with Gasteiger partial charge in [0.1, 0.15) is 17.2 Å². The van der Waals surface area contributed by atoms with Crippen molar-refractivity contribution in [2.45, 2.75) is 94.5 Å². The summed E-state index contributed by atoms with van der Waals surface area (Å²) in [4.78, 5) is 29.8. The second-order valence-corrected chi connectivity index (χ2v) is 14.2. The maximum absolute atomic E-state index is 14.6. The van der Waals surface area contributed by atoms with E-state index in [1.54, 1.807) is 19.1 Å². The Morgan fingerprint density at radius 1 is 1.11 bits per heavy atom. The van der Waals surface area contributed by atoms with Crippen molar-refractivity contribution in [1.29, 1.82) is 0 Å². The molecule has 0 aromatic heterocycles. The second-order valence-electron chi connectivity index (χ2n) is 13.8. The van der Waals surface area contributed by atoms with Gasteiger partial charge in [0.2, 0.25) is 5.91 Å². The normalized spacial score (nSPS) is 27.2. The van der Waals surface area contributed by atoms with Gasteiger partial charge in [0.25, 0.3) is 5.91 Å². The van der Waals surface area contributed by atoms with E-state index < -0.39 is 39.8 Å². The fraction of sp³-hybridized carbons (Fsp3) is 0.529. The number of benzene rings is 2. The molecule has 2 aromatic rings. The Morgan fingerprint density at radius 2 is 1.82 bits per heavy atom. The summed E-state index contributed by atoms with van der Waals surface area (Å²) in [7, 11) is 0. The summed E-state index contributed by atoms with van der Waals surface area (Å²) in [6.07, 6.45) is 4.91. The van der Waals surface area contributed by atoms with Crippen molar-refractivity contribution in [3.8, 4) is 0 Å². The standard InChI is InChI=1S/C34H42ClF2N3O4/c1-31(2,23-6-5-7-24(35)16-23)38-29(41)19-34(20-40(21-34)26-10-13-32(3,43)14-11-26)39-30(42)33(4)18-22(12-15-44-33)27-9-8-25(36)17-28(27)37/h5-9,12,16-17,26,43H,10-11,13-15,18-21H2,1-4H3,(H,38,41)(H,39,42). The molecule has 0 spiro atoms. The third-order valence-corrected chi connectivity index (χ3v) is 9.69. The molecular formula is C34H42ClF2N3O4. The molecule has 0 radical (unpaired) electrons. The van der Waals surface area contributed by atoms with Crippen LogP contribution in [0.3, 0.4) is 0 Å². The molecule has 7 nitrogen and oxygen atoms in total. The first kappa shape index (κ1) is 32.5. The maximum Gasteiger partial charge on any atom is 0.252 e. The van der Waals surface area contributed by atoms with E-state index in [1.807, 2.05) is 39.0 Å². The molecule has 5 rings (SSSR count). The second kappa shape index (κ2) is 12.2. The van der Waals surface area contributed by atoms with E-state index in [-0.39, 0.29) is 37.0 Å². The molecule has 238 valence electrons. The van der Waals surface area contributed by atoms with E-state index in [9.17, 15) is 23.5 Å². The lowest BCUT2D eigenvalue weighted by molar-refractivity contribution is -0.150. The predicted molar refractivity (Wildman–Crippen MR) is 166 cm³/mol. The average molecular weight is 630 g/mol. The van der Waals surface area contributed by atoms with Crippen LogP contribution in [0.5, 0.6) is 0 Å². The van der Waals surface area contributed by atoms with Crippen molar-refractivity contribution >= 4 is 29.0 Å². The molecule has 1 unspecified atom stereocenters. The first-order valence-electron chi connectivity index (χ1n) is 15.2. The molecule has 3 N–H and O–H groups in total. The molecule has 2 aromatic carbocycles. The number of rotatable bonds is 8. The van der Waals surface area contributed by atoms with E-state index in [1.165, 1.54) is 12.1 Å². The minimum atomic E-state index is -1.32. The van der Waals surface area contributed by atoms with Crippen molar-refractivity contribution in [3.05, 3.63) is 76.3 Å². The van der Waals surface area contributed by atoms with Gasteiger partial charge in [-0.2, -0.15) is 0 Å². The molecule has 1 aliphatic carbocycles. The van der Waals surface area contributed by atoms with Crippen LogP contribution in [0.15, 0.2) is 48.5 Å². The van der Waals surface area contributed by atoms with Gasteiger partial charge in [0.05, 0.1) is 29.7 Å². The molecule has 2 aliphatic heterocycles. The molecule has 1 saturated heterocycles. The van der Waals surface area contributed by atoms with Crippen LogP contribution >= 0.6 is 11.6 Å². The van der Waals surface area contributed by atoms with Crippen molar-refractivity contribution < 1.29 is 28.2 Å². The molecule has 44 heavy (non-hydrogen) atoms. The van der Waals surface area contributed by atoms with Gasteiger partial charge in [-0.3, -0.25) is 14.5 Å². The Bertz CT molecular complexity index is 1450.